The highest BCUT2D eigenvalue weighted by Gasteiger charge is 2.16. The van der Waals surface area contributed by atoms with E-state index < -0.39 is 11.7 Å². The lowest BCUT2D eigenvalue weighted by atomic mass is 10.0. The summed E-state index contributed by atoms with van der Waals surface area (Å²) >= 11 is 0. The predicted molar refractivity (Wildman–Crippen MR) is 98.5 cm³/mol. The van der Waals surface area contributed by atoms with Gasteiger partial charge in [-0.25, -0.2) is 4.79 Å². The van der Waals surface area contributed by atoms with Crippen LogP contribution < -0.4 is 10.6 Å². The smallest absolute Gasteiger partial charge is 0.412 e. The van der Waals surface area contributed by atoms with Gasteiger partial charge >= 0.3 is 6.09 Å². The third kappa shape index (κ3) is 8.31. The first-order valence-electron chi connectivity index (χ1n) is 8.52. The molecule has 24 heavy (non-hydrogen) atoms. The third-order valence-corrected chi connectivity index (χ3v) is 3.57. The van der Waals surface area contributed by atoms with E-state index in [2.05, 4.69) is 24.5 Å². The van der Waals surface area contributed by atoms with Crippen molar-refractivity contribution in [3.63, 3.8) is 0 Å². The molecule has 136 valence electrons. The van der Waals surface area contributed by atoms with Gasteiger partial charge in [0, 0.05) is 18.8 Å². The van der Waals surface area contributed by atoms with Crippen LogP contribution in [-0.2, 0) is 15.9 Å². The molecule has 5 nitrogen and oxygen atoms in total. The van der Waals surface area contributed by atoms with Crippen LogP contribution in [0.2, 0.25) is 0 Å². The number of rotatable bonds is 8. The molecule has 0 aliphatic rings. The number of nitrogens with one attached hydrogen (secondary N) is 2. The minimum absolute atomic E-state index is 0.364. The van der Waals surface area contributed by atoms with E-state index in [0.29, 0.717) is 12.0 Å². The fourth-order valence-electron chi connectivity index (χ4n) is 2.24. The molecule has 0 saturated carbocycles. The molecule has 0 heterocycles. The standard InChI is InChI=1S/C19H32N2O3/c1-14(2)17(13-23-6)20-12-11-15-7-9-16(10-8-15)21-18(22)24-19(3,4)5/h7-10,14,17,20H,11-13H2,1-6H3,(H,21,22). The highest BCUT2D eigenvalue weighted by atomic mass is 16.6. The molecular weight excluding hydrogens is 304 g/mol. The van der Waals surface area contributed by atoms with Crippen LogP contribution in [0.5, 0.6) is 0 Å². The van der Waals surface area contributed by atoms with E-state index in [4.69, 9.17) is 9.47 Å². The summed E-state index contributed by atoms with van der Waals surface area (Å²) in [4.78, 5) is 11.7. The zero-order valence-corrected chi connectivity index (χ0v) is 15.8. The normalized spacial score (nSPS) is 13.0. The molecule has 0 bridgehead atoms. The van der Waals surface area contributed by atoms with Crippen molar-refractivity contribution in [3.8, 4) is 0 Å². The Labute approximate surface area is 146 Å². The van der Waals surface area contributed by atoms with Crippen molar-refractivity contribution in [1.29, 1.82) is 0 Å². The SMILES string of the molecule is COCC(NCCc1ccc(NC(=O)OC(C)(C)C)cc1)C(C)C. The van der Waals surface area contributed by atoms with Crippen molar-refractivity contribution < 1.29 is 14.3 Å². The largest absolute Gasteiger partial charge is 0.444 e. The lowest BCUT2D eigenvalue weighted by molar-refractivity contribution is 0.0636. The van der Waals surface area contributed by atoms with E-state index in [1.54, 1.807) is 7.11 Å². The first kappa shape index (κ1) is 20.5. The van der Waals surface area contributed by atoms with Crippen molar-refractivity contribution in [1.82, 2.24) is 5.32 Å². The predicted octanol–water partition coefficient (Wildman–Crippen LogP) is 3.84. The first-order chi connectivity index (χ1) is 11.2. The van der Waals surface area contributed by atoms with Crippen LogP contribution >= 0.6 is 0 Å². The summed E-state index contributed by atoms with van der Waals surface area (Å²) in [5.41, 5.74) is 1.46. The summed E-state index contributed by atoms with van der Waals surface area (Å²) in [6.07, 6.45) is 0.496. The number of benzene rings is 1. The Hall–Kier alpha value is -1.59. The van der Waals surface area contributed by atoms with E-state index in [1.165, 1.54) is 5.56 Å². The number of amides is 1. The highest BCUT2D eigenvalue weighted by Crippen LogP contribution is 2.13. The quantitative estimate of drug-likeness (QED) is 0.757. The second-order valence-electron chi connectivity index (χ2n) is 7.33. The molecule has 1 unspecified atom stereocenters. The summed E-state index contributed by atoms with van der Waals surface area (Å²) < 4.78 is 10.5. The first-order valence-corrected chi connectivity index (χ1v) is 8.52. The van der Waals surface area contributed by atoms with Crippen LogP contribution in [0.25, 0.3) is 0 Å². The van der Waals surface area contributed by atoms with E-state index in [-0.39, 0.29) is 0 Å². The molecule has 1 amide bonds. The van der Waals surface area contributed by atoms with E-state index in [1.807, 2.05) is 45.0 Å². The Bertz CT molecular complexity index is 492. The molecule has 1 atom stereocenters. The fourth-order valence-corrected chi connectivity index (χ4v) is 2.24. The topological polar surface area (TPSA) is 59.6 Å². The Morgan fingerprint density at radius 3 is 2.29 bits per heavy atom. The Balaban J connectivity index is 2.43. The summed E-state index contributed by atoms with van der Waals surface area (Å²) in [6, 6.07) is 8.20. The van der Waals surface area contributed by atoms with Crippen molar-refractivity contribution in [2.75, 3.05) is 25.6 Å². The molecule has 2 N–H and O–H groups in total. The van der Waals surface area contributed by atoms with Crippen LogP contribution in [0.15, 0.2) is 24.3 Å². The number of anilines is 1. The highest BCUT2D eigenvalue weighted by molar-refractivity contribution is 5.84. The maximum Gasteiger partial charge on any atom is 0.412 e. The van der Waals surface area contributed by atoms with Crippen LogP contribution in [0.3, 0.4) is 0 Å². The minimum Gasteiger partial charge on any atom is -0.444 e. The van der Waals surface area contributed by atoms with Crippen LogP contribution in [-0.4, -0.2) is 38.0 Å². The van der Waals surface area contributed by atoms with Gasteiger partial charge < -0.3 is 14.8 Å². The molecule has 5 heteroatoms. The van der Waals surface area contributed by atoms with Crippen LogP contribution in [0.1, 0.15) is 40.2 Å². The van der Waals surface area contributed by atoms with Gasteiger partial charge in [-0.1, -0.05) is 26.0 Å². The summed E-state index contributed by atoms with van der Waals surface area (Å²) in [7, 11) is 1.73. The van der Waals surface area contributed by atoms with Crippen molar-refractivity contribution in [2.45, 2.75) is 52.7 Å². The minimum atomic E-state index is -0.495. The molecule has 0 spiro atoms. The molecule has 1 aromatic rings. The number of hydrogen-bond acceptors (Lipinski definition) is 4. The molecule has 1 rings (SSSR count). The Kier molecular flexibility index (Phi) is 8.22. The third-order valence-electron chi connectivity index (χ3n) is 3.57. The molecule has 0 aliphatic carbocycles. The maximum absolute atomic E-state index is 11.7. The van der Waals surface area contributed by atoms with E-state index in [0.717, 1.165) is 25.3 Å². The second-order valence-corrected chi connectivity index (χ2v) is 7.33. The van der Waals surface area contributed by atoms with Gasteiger partial charge in [-0.15, -0.1) is 0 Å². The lowest BCUT2D eigenvalue weighted by Gasteiger charge is -2.21. The van der Waals surface area contributed by atoms with Crippen molar-refractivity contribution in [3.05, 3.63) is 29.8 Å². The number of methoxy groups -OCH3 is 1. The monoisotopic (exact) mass is 336 g/mol. The number of hydrogen-bond donors (Lipinski definition) is 2. The molecule has 0 aromatic heterocycles. The summed E-state index contributed by atoms with van der Waals surface area (Å²) in [6.45, 7) is 11.5. The Morgan fingerprint density at radius 2 is 1.79 bits per heavy atom. The summed E-state index contributed by atoms with van der Waals surface area (Å²) in [5, 5.41) is 6.26. The number of carbonyl (C=O) groups excluding carboxylic acids is 1. The van der Waals surface area contributed by atoms with Gasteiger partial charge in [-0.05, 0) is 57.4 Å². The average Bonchev–Trinajstić information content (AvgIpc) is 2.46. The van der Waals surface area contributed by atoms with Gasteiger partial charge in [0.15, 0.2) is 0 Å². The molecule has 0 fully saturated rings. The molecule has 0 radical (unpaired) electrons. The summed E-state index contributed by atoms with van der Waals surface area (Å²) in [5.74, 6) is 0.533. The molecule has 0 aliphatic heterocycles. The zero-order valence-electron chi connectivity index (χ0n) is 15.8. The van der Waals surface area contributed by atoms with Crippen molar-refractivity contribution >= 4 is 11.8 Å². The maximum atomic E-state index is 11.7. The van der Waals surface area contributed by atoms with Gasteiger partial charge in [-0.3, -0.25) is 5.32 Å². The zero-order chi connectivity index (χ0) is 18.2. The van der Waals surface area contributed by atoms with Gasteiger partial charge in [-0.2, -0.15) is 0 Å². The van der Waals surface area contributed by atoms with Gasteiger partial charge in [0.2, 0.25) is 0 Å². The van der Waals surface area contributed by atoms with Crippen molar-refractivity contribution in [2.24, 2.45) is 5.92 Å². The number of carbonyl (C=O) groups is 1. The Morgan fingerprint density at radius 1 is 1.17 bits per heavy atom. The molecular formula is C19H32N2O3. The fraction of sp³-hybridized carbons (Fsp3) is 0.632. The van der Waals surface area contributed by atoms with E-state index in [9.17, 15) is 4.79 Å². The number of ether oxygens (including phenoxy) is 2. The molecule has 1 aromatic carbocycles. The lowest BCUT2D eigenvalue weighted by Crippen LogP contribution is -2.38. The second kappa shape index (κ2) is 9.64. The van der Waals surface area contributed by atoms with Gasteiger partial charge in [0.1, 0.15) is 5.60 Å². The molecule has 0 saturated heterocycles. The van der Waals surface area contributed by atoms with Crippen LogP contribution in [0, 0.1) is 5.92 Å². The van der Waals surface area contributed by atoms with Gasteiger partial charge in [0.25, 0.3) is 0 Å². The average molecular weight is 336 g/mol. The van der Waals surface area contributed by atoms with Crippen LogP contribution in [0.4, 0.5) is 10.5 Å². The van der Waals surface area contributed by atoms with E-state index >= 15 is 0 Å². The van der Waals surface area contributed by atoms with Gasteiger partial charge in [0.05, 0.1) is 6.61 Å².